The summed E-state index contributed by atoms with van der Waals surface area (Å²) in [5.41, 5.74) is 0. The Morgan fingerprint density at radius 2 is 0.952 bits per heavy atom. The van der Waals surface area contributed by atoms with Crippen molar-refractivity contribution in [3.63, 3.8) is 0 Å². The monoisotopic (exact) mass is 886 g/mol. The van der Waals surface area contributed by atoms with Gasteiger partial charge >= 0.3 is 0 Å². The first-order valence-corrected chi connectivity index (χ1v) is 25.6. The van der Waals surface area contributed by atoms with E-state index in [1.807, 2.05) is 12.2 Å². The van der Waals surface area contributed by atoms with Crippen LogP contribution < -0.4 is 5.32 Å². The average molecular weight is 886 g/mol. The maximum Gasteiger partial charge on any atom is 0.220 e. The molecular weight excluding hydrogens is 791 g/mol. The molecule has 1 fully saturated rings. The van der Waals surface area contributed by atoms with E-state index in [1.54, 1.807) is 0 Å². The Balaban J connectivity index is 2.33. The van der Waals surface area contributed by atoms with Crippen molar-refractivity contribution in [3.8, 4) is 0 Å². The summed E-state index contributed by atoms with van der Waals surface area (Å²) in [6, 6.07) is -0.764. The summed E-state index contributed by atoms with van der Waals surface area (Å²) in [5.74, 6) is -0.227. The number of ether oxygens (including phenoxy) is 2. The summed E-state index contributed by atoms with van der Waals surface area (Å²) in [6.45, 7) is 3.68. The van der Waals surface area contributed by atoms with Gasteiger partial charge in [0.15, 0.2) is 6.29 Å². The molecule has 1 aliphatic rings. The zero-order chi connectivity index (χ0) is 45.9. The molecule has 9 heteroatoms. The molecule has 1 heterocycles. The van der Waals surface area contributed by atoms with E-state index >= 15 is 0 Å². The molecule has 0 bridgehead atoms. The third-order valence-electron chi connectivity index (χ3n) is 11.8. The Morgan fingerprint density at radius 1 is 0.556 bits per heavy atom. The van der Waals surface area contributed by atoms with Crippen LogP contribution >= 0.6 is 0 Å². The Hall–Kier alpha value is -2.37. The van der Waals surface area contributed by atoms with E-state index in [0.29, 0.717) is 12.8 Å². The third-order valence-corrected chi connectivity index (χ3v) is 11.8. The lowest BCUT2D eigenvalue weighted by atomic mass is 9.99. The highest BCUT2D eigenvalue weighted by molar-refractivity contribution is 5.76. The summed E-state index contributed by atoms with van der Waals surface area (Å²) in [7, 11) is 0. The predicted octanol–water partition coefficient (Wildman–Crippen LogP) is 11.7. The summed E-state index contributed by atoms with van der Waals surface area (Å²) >= 11 is 0. The molecule has 1 aliphatic heterocycles. The number of amides is 1. The first-order valence-electron chi connectivity index (χ1n) is 25.6. The molecule has 0 aromatic carbocycles. The smallest absolute Gasteiger partial charge is 0.220 e. The number of hydrogen-bond donors (Lipinski definition) is 6. The van der Waals surface area contributed by atoms with Crippen LogP contribution in [-0.2, 0) is 14.3 Å². The number of aliphatic hydroxyl groups is 5. The van der Waals surface area contributed by atoms with E-state index in [4.69, 9.17) is 9.47 Å². The second-order valence-electron chi connectivity index (χ2n) is 17.6. The number of allylic oxidation sites excluding steroid dienone is 12. The molecule has 0 aliphatic carbocycles. The van der Waals surface area contributed by atoms with E-state index in [-0.39, 0.29) is 18.9 Å². The third kappa shape index (κ3) is 33.7. The van der Waals surface area contributed by atoms with Gasteiger partial charge in [-0.3, -0.25) is 4.79 Å². The number of carbonyl (C=O) groups is 1. The van der Waals surface area contributed by atoms with Gasteiger partial charge in [0, 0.05) is 6.42 Å². The van der Waals surface area contributed by atoms with Crippen molar-refractivity contribution in [2.75, 3.05) is 13.2 Å². The van der Waals surface area contributed by atoms with Gasteiger partial charge in [-0.2, -0.15) is 0 Å². The molecule has 63 heavy (non-hydrogen) atoms. The number of nitrogens with one attached hydrogen (secondary N) is 1. The lowest BCUT2D eigenvalue weighted by molar-refractivity contribution is -0.302. The second kappa shape index (κ2) is 43.5. The van der Waals surface area contributed by atoms with Gasteiger partial charge in [0.2, 0.25) is 5.91 Å². The van der Waals surface area contributed by atoms with Crippen LogP contribution in [0.25, 0.3) is 0 Å². The van der Waals surface area contributed by atoms with Crippen LogP contribution in [0.4, 0.5) is 0 Å². The summed E-state index contributed by atoms with van der Waals surface area (Å²) in [6.07, 6.45) is 52.1. The maximum atomic E-state index is 13.0. The topological polar surface area (TPSA) is 149 Å². The van der Waals surface area contributed by atoms with Crippen molar-refractivity contribution >= 4 is 5.91 Å². The molecule has 7 atom stereocenters. The number of hydrogen-bond acceptors (Lipinski definition) is 8. The quantitative estimate of drug-likeness (QED) is 0.0262. The van der Waals surface area contributed by atoms with E-state index in [9.17, 15) is 30.3 Å². The summed E-state index contributed by atoms with van der Waals surface area (Å²) in [5, 5.41) is 54.5. The van der Waals surface area contributed by atoms with Gasteiger partial charge in [0.05, 0.1) is 25.4 Å². The Labute approximate surface area is 385 Å². The normalized spacial score (nSPS) is 20.8. The molecule has 0 aromatic heterocycles. The van der Waals surface area contributed by atoms with Gasteiger partial charge in [-0.15, -0.1) is 0 Å². The Morgan fingerprint density at radius 3 is 1.37 bits per heavy atom. The number of carbonyl (C=O) groups excluding carboxylic acids is 1. The number of aliphatic hydroxyl groups excluding tert-OH is 5. The van der Waals surface area contributed by atoms with E-state index in [1.165, 1.54) is 116 Å². The first kappa shape index (κ1) is 58.6. The highest BCUT2D eigenvalue weighted by atomic mass is 16.7. The SMILES string of the molecule is CC/C=C\C/C=C\C/C=C\C/C=C\C/C=C\C/C=C\CCC(=O)NC(COC1OC(CO)C(O)C(O)C1O)C(O)CCCCCCCCCCCCCCCCCCCCCCC. The molecule has 1 saturated heterocycles. The average Bonchev–Trinajstić information content (AvgIpc) is 3.28. The van der Waals surface area contributed by atoms with Crippen LogP contribution in [0.15, 0.2) is 72.9 Å². The molecule has 1 amide bonds. The van der Waals surface area contributed by atoms with Crippen LogP contribution in [-0.4, -0.2) is 87.5 Å². The van der Waals surface area contributed by atoms with Crippen molar-refractivity contribution < 1.29 is 39.8 Å². The molecule has 6 N–H and O–H groups in total. The lowest BCUT2D eigenvalue weighted by Crippen LogP contribution is -2.60. The number of unbranched alkanes of at least 4 members (excludes halogenated alkanes) is 20. The van der Waals surface area contributed by atoms with Crippen LogP contribution in [0.2, 0.25) is 0 Å². The minimum atomic E-state index is -1.57. The largest absolute Gasteiger partial charge is 0.394 e. The van der Waals surface area contributed by atoms with Crippen LogP contribution in [0, 0.1) is 0 Å². The van der Waals surface area contributed by atoms with Gasteiger partial charge in [0.25, 0.3) is 0 Å². The maximum absolute atomic E-state index is 13.0. The van der Waals surface area contributed by atoms with Crippen molar-refractivity contribution in [1.82, 2.24) is 5.32 Å². The van der Waals surface area contributed by atoms with E-state index < -0.39 is 49.5 Å². The standard InChI is InChI=1S/C54H95NO8/c1-3-5-7-9-11-13-15-17-19-21-23-24-26-27-29-31-33-35-37-39-41-43-48(57)47(46-62-54-53(61)52(60)51(59)49(45-56)63-54)55-50(58)44-42-40-38-36-34-32-30-28-25-22-20-18-16-14-12-10-8-6-4-2/h6,8,12,14,18,20,25,28,32,34,38,40,47-49,51-54,56-57,59-61H,3-5,7,9-11,13,15-17,19,21-24,26-27,29-31,33,35-37,39,41-46H2,1-2H3,(H,55,58)/b8-6-,14-12-,20-18-,28-25-,34-32-,40-38-. The van der Waals surface area contributed by atoms with Gasteiger partial charge in [-0.05, 0) is 51.4 Å². The fourth-order valence-corrected chi connectivity index (χ4v) is 7.77. The zero-order valence-electron chi connectivity index (χ0n) is 40.1. The van der Waals surface area contributed by atoms with Gasteiger partial charge in [-0.1, -0.05) is 222 Å². The highest BCUT2D eigenvalue weighted by Gasteiger charge is 2.44. The van der Waals surface area contributed by atoms with Crippen molar-refractivity contribution in [3.05, 3.63) is 72.9 Å². The fourth-order valence-electron chi connectivity index (χ4n) is 7.77. The molecule has 1 rings (SSSR count). The summed E-state index contributed by atoms with van der Waals surface area (Å²) < 4.78 is 11.3. The zero-order valence-corrected chi connectivity index (χ0v) is 40.1. The van der Waals surface area contributed by atoms with Gasteiger partial charge in [0.1, 0.15) is 24.4 Å². The van der Waals surface area contributed by atoms with Gasteiger partial charge in [-0.25, -0.2) is 0 Å². The van der Waals surface area contributed by atoms with E-state index in [0.717, 1.165) is 57.8 Å². The summed E-state index contributed by atoms with van der Waals surface area (Å²) in [4.78, 5) is 13.0. The highest BCUT2D eigenvalue weighted by Crippen LogP contribution is 2.23. The van der Waals surface area contributed by atoms with Crippen LogP contribution in [0.5, 0.6) is 0 Å². The molecule has 0 spiro atoms. The van der Waals surface area contributed by atoms with Crippen molar-refractivity contribution in [2.45, 2.75) is 249 Å². The molecular formula is C54H95NO8. The molecule has 9 nitrogen and oxygen atoms in total. The van der Waals surface area contributed by atoms with Gasteiger partial charge < -0.3 is 40.3 Å². The minimum Gasteiger partial charge on any atom is -0.394 e. The molecule has 364 valence electrons. The lowest BCUT2D eigenvalue weighted by Gasteiger charge is -2.40. The Bertz CT molecular complexity index is 1210. The van der Waals surface area contributed by atoms with Crippen LogP contribution in [0.3, 0.4) is 0 Å². The van der Waals surface area contributed by atoms with Crippen LogP contribution in [0.1, 0.15) is 206 Å². The molecule has 0 aromatic rings. The van der Waals surface area contributed by atoms with Crippen molar-refractivity contribution in [1.29, 1.82) is 0 Å². The second-order valence-corrected chi connectivity index (χ2v) is 17.6. The first-order chi connectivity index (χ1) is 30.8. The minimum absolute atomic E-state index is 0.172. The Kier molecular flexibility index (Phi) is 40.5. The van der Waals surface area contributed by atoms with E-state index in [2.05, 4.69) is 79.9 Å². The number of rotatable bonds is 42. The van der Waals surface area contributed by atoms with Crippen molar-refractivity contribution in [2.24, 2.45) is 0 Å². The molecule has 7 unspecified atom stereocenters. The predicted molar refractivity (Wildman–Crippen MR) is 262 cm³/mol. The fraction of sp³-hybridized carbons (Fsp3) is 0.759. The molecule has 0 saturated carbocycles. The molecule has 0 radical (unpaired) electrons.